The Labute approximate surface area is 151 Å². The Bertz CT molecular complexity index is 770. The van der Waals surface area contributed by atoms with E-state index >= 15 is 0 Å². The highest BCUT2D eigenvalue weighted by molar-refractivity contribution is 6.07. The van der Waals surface area contributed by atoms with Crippen LogP contribution in [0.3, 0.4) is 0 Å². The molecular weight excluding hydrogens is 341 g/mol. The molecule has 1 heterocycles. The average molecular weight is 364 g/mol. The zero-order valence-electron chi connectivity index (χ0n) is 14.8. The molecule has 1 aliphatic heterocycles. The molecule has 0 saturated carbocycles. The topological polar surface area (TPSA) is 23.6 Å². The monoisotopic (exact) mass is 364 g/mol. The number of nitrogens with zero attached hydrogens (tertiary/aromatic N) is 2. The molecule has 1 saturated heterocycles. The van der Waals surface area contributed by atoms with Gasteiger partial charge in [-0.3, -0.25) is 4.79 Å². The molecule has 2 aromatic rings. The van der Waals surface area contributed by atoms with Crippen molar-refractivity contribution in [2.75, 3.05) is 19.6 Å². The summed E-state index contributed by atoms with van der Waals surface area (Å²) >= 11 is 0. The highest BCUT2D eigenvalue weighted by Gasteiger charge is 2.44. The van der Waals surface area contributed by atoms with E-state index in [0.29, 0.717) is 23.3 Å². The van der Waals surface area contributed by atoms with E-state index in [0.717, 1.165) is 17.2 Å². The number of alkyl halides is 3. The van der Waals surface area contributed by atoms with E-state index in [1.165, 1.54) is 0 Å². The maximum atomic E-state index is 13.3. The largest absolute Gasteiger partial charge is 0.460 e. The summed E-state index contributed by atoms with van der Waals surface area (Å²) in [4.78, 5) is 15.2. The van der Waals surface area contributed by atoms with Crippen molar-refractivity contribution in [3.63, 3.8) is 0 Å². The van der Waals surface area contributed by atoms with Gasteiger partial charge in [0.15, 0.2) is 0 Å². The van der Waals surface area contributed by atoms with Gasteiger partial charge in [0, 0.05) is 31.2 Å². The number of benzene rings is 2. The van der Waals surface area contributed by atoms with Crippen molar-refractivity contribution in [1.82, 2.24) is 9.80 Å². The van der Waals surface area contributed by atoms with Gasteiger partial charge in [-0.15, -0.1) is 0 Å². The summed E-state index contributed by atoms with van der Waals surface area (Å²) in [6.07, 6.45) is -2.37. The Balaban J connectivity index is 1.84. The number of amides is 1. The Morgan fingerprint density at radius 3 is 2.58 bits per heavy atom. The molecule has 0 bridgehead atoms. The van der Waals surface area contributed by atoms with Crippen LogP contribution in [0.1, 0.15) is 36.5 Å². The summed E-state index contributed by atoms with van der Waals surface area (Å²) in [5.41, 5.74) is 0.554. The van der Waals surface area contributed by atoms with Crippen LogP contribution in [-0.4, -0.2) is 47.7 Å². The lowest BCUT2D eigenvalue weighted by molar-refractivity contribution is -0.266. The average Bonchev–Trinajstić information content (AvgIpc) is 2.64. The predicted octanol–water partition coefficient (Wildman–Crippen LogP) is 4.68. The van der Waals surface area contributed by atoms with Gasteiger partial charge in [-0.1, -0.05) is 56.2 Å². The molecule has 0 N–H and O–H groups in total. The molecule has 2 aromatic carbocycles. The van der Waals surface area contributed by atoms with Gasteiger partial charge >= 0.3 is 6.30 Å². The maximum absolute atomic E-state index is 13.3. The van der Waals surface area contributed by atoms with E-state index in [-0.39, 0.29) is 25.5 Å². The highest BCUT2D eigenvalue weighted by Crippen LogP contribution is 2.30. The van der Waals surface area contributed by atoms with Gasteiger partial charge in [0.1, 0.15) is 0 Å². The van der Waals surface area contributed by atoms with Gasteiger partial charge < -0.3 is 4.90 Å². The Morgan fingerprint density at radius 1 is 1.12 bits per heavy atom. The minimum Gasteiger partial charge on any atom is -0.336 e. The second-order valence-corrected chi connectivity index (χ2v) is 6.74. The molecular formula is C20H23F3N2O. The van der Waals surface area contributed by atoms with Gasteiger partial charge in [0.25, 0.3) is 5.91 Å². The van der Waals surface area contributed by atoms with Crippen LogP contribution < -0.4 is 0 Å². The van der Waals surface area contributed by atoms with E-state index in [2.05, 4.69) is 0 Å². The van der Waals surface area contributed by atoms with Crippen molar-refractivity contribution in [1.29, 1.82) is 0 Å². The third kappa shape index (κ3) is 3.85. The van der Waals surface area contributed by atoms with E-state index in [1.807, 2.05) is 43.3 Å². The second-order valence-electron chi connectivity index (χ2n) is 6.74. The molecule has 1 amide bonds. The van der Waals surface area contributed by atoms with Gasteiger partial charge in [-0.05, 0) is 23.3 Å². The van der Waals surface area contributed by atoms with E-state index in [1.54, 1.807) is 11.0 Å². The van der Waals surface area contributed by atoms with Crippen LogP contribution in [0.4, 0.5) is 13.2 Å². The number of hydrogen-bond donors (Lipinski definition) is 0. The highest BCUT2D eigenvalue weighted by atomic mass is 19.4. The molecule has 6 heteroatoms. The third-order valence-electron chi connectivity index (χ3n) is 5.01. The molecule has 3 rings (SSSR count). The first-order valence-electron chi connectivity index (χ1n) is 9.02. The molecule has 0 aliphatic carbocycles. The molecule has 1 atom stereocenters. The summed E-state index contributed by atoms with van der Waals surface area (Å²) in [5, 5.41) is 1.79. The first-order valence-corrected chi connectivity index (χ1v) is 9.02. The maximum Gasteiger partial charge on any atom is 0.460 e. The van der Waals surface area contributed by atoms with Crippen molar-refractivity contribution < 1.29 is 18.0 Å². The lowest BCUT2D eigenvalue weighted by atomic mass is 10.0. The van der Waals surface area contributed by atoms with Crippen LogP contribution in [0.15, 0.2) is 42.5 Å². The fourth-order valence-corrected chi connectivity index (χ4v) is 3.64. The van der Waals surface area contributed by atoms with Gasteiger partial charge in [0.05, 0.1) is 0 Å². The van der Waals surface area contributed by atoms with Crippen molar-refractivity contribution in [2.45, 2.75) is 38.5 Å². The van der Waals surface area contributed by atoms with Crippen LogP contribution in [0, 0.1) is 0 Å². The molecule has 0 spiro atoms. The molecule has 140 valence electrons. The molecule has 1 fully saturated rings. The van der Waals surface area contributed by atoms with E-state index in [4.69, 9.17) is 0 Å². The van der Waals surface area contributed by atoms with Gasteiger partial charge in [0.2, 0.25) is 0 Å². The molecule has 0 aromatic heterocycles. The number of piperazine rings is 1. The van der Waals surface area contributed by atoms with Crippen LogP contribution in [0.2, 0.25) is 0 Å². The van der Waals surface area contributed by atoms with Crippen LogP contribution in [0.5, 0.6) is 0 Å². The van der Waals surface area contributed by atoms with E-state index < -0.39 is 12.3 Å². The van der Waals surface area contributed by atoms with Gasteiger partial charge in [-0.25, -0.2) is 4.90 Å². The van der Waals surface area contributed by atoms with Crippen molar-refractivity contribution >= 4 is 16.7 Å². The van der Waals surface area contributed by atoms with E-state index in [9.17, 15) is 18.0 Å². The normalized spacial score (nSPS) is 19.1. The number of carbonyl (C=O) groups excluding carboxylic acids is 1. The van der Waals surface area contributed by atoms with Crippen molar-refractivity contribution in [2.24, 2.45) is 0 Å². The van der Waals surface area contributed by atoms with Crippen LogP contribution in [-0.2, 0) is 0 Å². The lowest BCUT2D eigenvalue weighted by Gasteiger charge is -2.42. The quantitative estimate of drug-likeness (QED) is 0.736. The number of carbonyl (C=O) groups is 1. The van der Waals surface area contributed by atoms with Crippen molar-refractivity contribution in [3.8, 4) is 0 Å². The molecule has 0 unspecified atom stereocenters. The zero-order chi connectivity index (χ0) is 18.7. The summed E-state index contributed by atoms with van der Waals surface area (Å²) in [6.45, 7) is 1.99. The SMILES string of the molecule is CCCC[C@H]1CN(C(=O)c2cccc3ccccc23)CCN1C(F)(F)F. The first-order chi connectivity index (χ1) is 12.4. The number of unbranched alkanes of at least 4 members (excludes halogenated alkanes) is 1. The van der Waals surface area contributed by atoms with Gasteiger partial charge in [-0.2, -0.15) is 13.2 Å². The summed E-state index contributed by atoms with van der Waals surface area (Å²) in [7, 11) is 0. The minimum atomic E-state index is -4.35. The standard InChI is InChI=1S/C20H23F3N2O/c1-2-3-9-16-14-24(12-13-25(16)20(21,22)23)19(26)18-11-6-8-15-7-4-5-10-17(15)18/h4-8,10-11,16H,2-3,9,12-14H2,1H3/t16-/m0/s1. The molecule has 0 radical (unpaired) electrons. The first kappa shape index (κ1) is 18.7. The fraction of sp³-hybridized carbons (Fsp3) is 0.450. The zero-order valence-corrected chi connectivity index (χ0v) is 14.8. The Morgan fingerprint density at radius 2 is 1.85 bits per heavy atom. The minimum absolute atomic E-state index is 0.0875. The number of halogens is 3. The number of fused-ring (bicyclic) bond motifs is 1. The lowest BCUT2D eigenvalue weighted by Crippen LogP contribution is -2.59. The van der Waals surface area contributed by atoms with Crippen LogP contribution in [0.25, 0.3) is 10.8 Å². The molecule has 1 aliphatic rings. The predicted molar refractivity (Wildman–Crippen MR) is 95.9 cm³/mol. The summed E-state index contributed by atoms with van der Waals surface area (Å²) < 4.78 is 39.9. The second kappa shape index (κ2) is 7.66. The molecule has 26 heavy (non-hydrogen) atoms. The smallest absolute Gasteiger partial charge is 0.336 e. The third-order valence-corrected chi connectivity index (χ3v) is 5.01. The number of rotatable bonds is 4. The fourth-order valence-electron chi connectivity index (χ4n) is 3.64. The number of hydrogen-bond acceptors (Lipinski definition) is 2. The Kier molecular flexibility index (Phi) is 5.51. The summed E-state index contributed by atoms with van der Waals surface area (Å²) in [5.74, 6) is -0.190. The van der Waals surface area contributed by atoms with Crippen LogP contribution >= 0.6 is 0 Å². The molecule has 3 nitrogen and oxygen atoms in total. The Hall–Kier alpha value is -2.08. The summed E-state index contributed by atoms with van der Waals surface area (Å²) in [6, 6.07) is 12.4. The van der Waals surface area contributed by atoms with Crippen molar-refractivity contribution in [3.05, 3.63) is 48.0 Å².